The monoisotopic (exact) mass is 210 g/mol. The average molecular weight is 210 g/mol. The van der Waals surface area contributed by atoms with Crippen LogP contribution in [0.25, 0.3) is 0 Å². The molecule has 2 N–H and O–H groups in total. The van der Waals surface area contributed by atoms with Crippen molar-refractivity contribution < 1.29 is 10.2 Å². The lowest BCUT2D eigenvalue weighted by molar-refractivity contribution is 0.187. The Morgan fingerprint density at radius 2 is 2.20 bits per heavy atom. The van der Waals surface area contributed by atoms with Crippen molar-refractivity contribution in [1.82, 2.24) is 4.98 Å². The van der Waals surface area contributed by atoms with E-state index in [2.05, 4.69) is 4.98 Å². The Hall–Kier alpha value is -1.13. The van der Waals surface area contributed by atoms with Crippen molar-refractivity contribution >= 4 is 5.82 Å². The molecular weight excluding hydrogens is 192 g/mol. The minimum absolute atomic E-state index is 0.0436. The summed E-state index contributed by atoms with van der Waals surface area (Å²) in [5.74, 6) is 0.821. The van der Waals surface area contributed by atoms with Gasteiger partial charge in [0.15, 0.2) is 0 Å². The highest BCUT2D eigenvalue weighted by atomic mass is 16.3. The number of rotatable bonds is 5. The molecule has 1 aromatic rings. The number of hydrogen-bond donors (Lipinski definition) is 2. The van der Waals surface area contributed by atoms with Crippen molar-refractivity contribution in [1.29, 1.82) is 0 Å². The van der Waals surface area contributed by atoms with Crippen LogP contribution in [0, 0.1) is 0 Å². The van der Waals surface area contributed by atoms with E-state index in [-0.39, 0.29) is 12.7 Å². The van der Waals surface area contributed by atoms with Gasteiger partial charge >= 0.3 is 0 Å². The molecule has 0 saturated carbocycles. The quantitative estimate of drug-likeness (QED) is 0.754. The van der Waals surface area contributed by atoms with E-state index >= 15 is 0 Å². The second-order valence-corrected chi connectivity index (χ2v) is 3.70. The second kappa shape index (κ2) is 5.68. The summed E-state index contributed by atoms with van der Waals surface area (Å²) in [5.41, 5.74) is 0.663. The van der Waals surface area contributed by atoms with Crippen LogP contribution in [0.1, 0.15) is 19.0 Å². The maximum absolute atomic E-state index is 9.16. The van der Waals surface area contributed by atoms with Gasteiger partial charge in [0.25, 0.3) is 0 Å². The molecule has 4 nitrogen and oxygen atoms in total. The molecule has 0 radical (unpaired) electrons. The van der Waals surface area contributed by atoms with E-state index in [0.29, 0.717) is 12.1 Å². The molecule has 0 spiro atoms. The molecule has 0 amide bonds. The summed E-state index contributed by atoms with van der Waals surface area (Å²) in [6.07, 6.45) is 0.412. The van der Waals surface area contributed by atoms with Crippen LogP contribution in [0.5, 0.6) is 0 Å². The highest BCUT2D eigenvalue weighted by Gasteiger charge is 2.04. The minimum Gasteiger partial charge on any atom is -0.393 e. The van der Waals surface area contributed by atoms with E-state index in [0.717, 1.165) is 12.4 Å². The van der Waals surface area contributed by atoms with E-state index in [1.54, 1.807) is 13.0 Å². The summed E-state index contributed by atoms with van der Waals surface area (Å²) in [6, 6.07) is 5.54. The predicted octanol–water partition coefficient (Wildman–Crippen LogP) is 0.781. The standard InChI is InChI=1S/C11H18N2O2/c1-9(15)6-7-13(2)11-5-3-4-10(8-14)12-11/h3-5,9,14-15H,6-8H2,1-2H3. The molecule has 1 unspecified atom stereocenters. The maximum atomic E-state index is 9.16. The van der Waals surface area contributed by atoms with Gasteiger partial charge in [-0.05, 0) is 25.5 Å². The highest BCUT2D eigenvalue weighted by Crippen LogP contribution is 2.10. The van der Waals surface area contributed by atoms with Gasteiger partial charge in [0.05, 0.1) is 18.4 Å². The van der Waals surface area contributed by atoms with E-state index in [1.165, 1.54) is 0 Å². The number of hydrogen-bond acceptors (Lipinski definition) is 4. The fourth-order valence-corrected chi connectivity index (χ4v) is 1.26. The zero-order valence-electron chi connectivity index (χ0n) is 9.22. The Labute approximate surface area is 90.2 Å². The van der Waals surface area contributed by atoms with Gasteiger partial charge in [0.2, 0.25) is 0 Å². The van der Waals surface area contributed by atoms with E-state index < -0.39 is 0 Å². The number of anilines is 1. The zero-order chi connectivity index (χ0) is 11.3. The van der Waals surface area contributed by atoms with Crippen molar-refractivity contribution in [3.63, 3.8) is 0 Å². The smallest absolute Gasteiger partial charge is 0.128 e. The van der Waals surface area contributed by atoms with Crippen LogP contribution in [0.3, 0.4) is 0 Å². The second-order valence-electron chi connectivity index (χ2n) is 3.70. The van der Waals surface area contributed by atoms with E-state index in [9.17, 15) is 0 Å². The first kappa shape index (κ1) is 11.9. The Morgan fingerprint density at radius 1 is 1.47 bits per heavy atom. The summed E-state index contributed by atoms with van der Waals surface area (Å²) in [4.78, 5) is 6.23. The summed E-state index contributed by atoms with van der Waals surface area (Å²) >= 11 is 0. The number of pyridine rings is 1. The lowest BCUT2D eigenvalue weighted by Gasteiger charge is -2.19. The molecule has 0 bridgehead atoms. The summed E-state index contributed by atoms with van der Waals surface area (Å²) in [5, 5.41) is 18.1. The number of aromatic nitrogens is 1. The summed E-state index contributed by atoms with van der Waals surface area (Å²) in [7, 11) is 1.92. The summed E-state index contributed by atoms with van der Waals surface area (Å²) < 4.78 is 0. The van der Waals surface area contributed by atoms with Gasteiger partial charge in [0, 0.05) is 13.6 Å². The van der Waals surface area contributed by atoms with Crippen LogP contribution >= 0.6 is 0 Å². The third-order valence-corrected chi connectivity index (χ3v) is 2.23. The average Bonchev–Trinajstić information content (AvgIpc) is 2.26. The lowest BCUT2D eigenvalue weighted by Crippen LogP contribution is -2.22. The van der Waals surface area contributed by atoms with Gasteiger partial charge in [-0.3, -0.25) is 0 Å². The van der Waals surface area contributed by atoms with Crippen LogP contribution in [-0.4, -0.2) is 34.9 Å². The van der Waals surface area contributed by atoms with Gasteiger partial charge in [-0.15, -0.1) is 0 Å². The van der Waals surface area contributed by atoms with Crippen LogP contribution in [0.2, 0.25) is 0 Å². The Bertz CT molecular complexity index is 302. The molecule has 0 aromatic carbocycles. The SMILES string of the molecule is CC(O)CCN(C)c1cccc(CO)n1. The molecular formula is C11H18N2O2. The Kier molecular flexibility index (Phi) is 4.52. The molecule has 0 saturated heterocycles. The third-order valence-electron chi connectivity index (χ3n) is 2.23. The van der Waals surface area contributed by atoms with Gasteiger partial charge in [-0.25, -0.2) is 4.98 Å². The lowest BCUT2D eigenvalue weighted by atomic mass is 10.2. The first-order valence-electron chi connectivity index (χ1n) is 5.09. The number of nitrogens with zero attached hydrogens (tertiary/aromatic N) is 2. The van der Waals surface area contributed by atoms with Crippen molar-refractivity contribution in [2.75, 3.05) is 18.5 Å². The van der Waals surface area contributed by atoms with Gasteiger partial charge in [-0.2, -0.15) is 0 Å². The van der Waals surface area contributed by atoms with Crippen LogP contribution in [0.4, 0.5) is 5.82 Å². The Balaban J connectivity index is 2.60. The van der Waals surface area contributed by atoms with Gasteiger partial charge in [-0.1, -0.05) is 6.07 Å². The van der Waals surface area contributed by atoms with E-state index in [1.807, 2.05) is 24.1 Å². The molecule has 4 heteroatoms. The van der Waals surface area contributed by atoms with Gasteiger partial charge < -0.3 is 15.1 Å². The largest absolute Gasteiger partial charge is 0.393 e. The molecule has 1 aromatic heterocycles. The zero-order valence-corrected chi connectivity index (χ0v) is 9.22. The normalized spacial score (nSPS) is 12.5. The van der Waals surface area contributed by atoms with Crippen LogP contribution in [-0.2, 0) is 6.61 Å². The first-order valence-corrected chi connectivity index (χ1v) is 5.09. The molecule has 0 aliphatic heterocycles. The minimum atomic E-state index is -0.298. The topological polar surface area (TPSA) is 56.6 Å². The third kappa shape index (κ3) is 3.85. The van der Waals surface area contributed by atoms with Gasteiger partial charge in [0.1, 0.15) is 5.82 Å². The summed E-state index contributed by atoms with van der Waals surface area (Å²) in [6.45, 7) is 2.48. The maximum Gasteiger partial charge on any atom is 0.128 e. The fourth-order valence-electron chi connectivity index (χ4n) is 1.26. The molecule has 0 fully saturated rings. The van der Waals surface area contributed by atoms with Crippen molar-refractivity contribution in [3.8, 4) is 0 Å². The van der Waals surface area contributed by atoms with Crippen molar-refractivity contribution in [2.24, 2.45) is 0 Å². The number of aliphatic hydroxyl groups is 2. The first-order chi connectivity index (χ1) is 7.13. The molecule has 0 aliphatic rings. The van der Waals surface area contributed by atoms with Crippen molar-refractivity contribution in [3.05, 3.63) is 23.9 Å². The van der Waals surface area contributed by atoms with E-state index in [4.69, 9.17) is 10.2 Å². The molecule has 1 rings (SSSR count). The molecule has 1 heterocycles. The molecule has 0 aliphatic carbocycles. The number of aliphatic hydroxyl groups excluding tert-OH is 2. The predicted molar refractivity (Wildman–Crippen MR) is 59.7 cm³/mol. The molecule has 1 atom stereocenters. The molecule has 15 heavy (non-hydrogen) atoms. The van der Waals surface area contributed by atoms with Crippen LogP contribution in [0.15, 0.2) is 18.2 Å². The fraction of sp³-hybridized carbons (Fsp3) is 0.545. The molecule has 84 valence electrons. The Morgan fingerprint density at radius 3 is 2.80 bits per heavy atom. The van der Waals surface area contributed by atoms with Crippen LogP contribution < -0.4 is 4.90 Å². The van der Waals surface area contributed by atoms with Crippen molar-refractivity contribution in [2.45, 2.75) is 26.1 Å². The highest BCUT2D eigenvalue weighted by molar-refractivity contribution is 5.37.